The molecule has 0 heterocycles. The van der Waals surface area contributed by atoms with E-state index < -0.39 is 5.54 Å². The molecule has 21 heavy (non-hydrogen) atoms. The van der Waals surface area contributed by atoms with Crippen LogP contribution in [0.1, 0.15) is 78.1 Å². The molecular formula is C18H33NO2. The fourth-order valence-electron chi connectivity index (χ4n) is 4.27. The molecular weight excluding hydrogens is 262 g/mol. The zero-order valence-electron chi connectivity index (χ0n) is 14.1. The van der Waals surface area contributed by atoms with Gasteiger partial charge in [0.05, 0.1) is 7.11 Å². The van der Waals surface area contributed by atoms with E-state index in [1.165, 1.54) is 45.6 Å². The Morgan fingerprint density at radius 1 is 1.05 bits per heavy atom. The molecule has 0 aromatic carbocycles. The summed E-state index contributed by atoms with van der Waals surface area (Å²) in [5.41, 5.74) is -0.416. The van der Waals surface area contributed by atoms with Gasteiger partial charge in [0.15, 0.2) is 0 Å². The Hall–Kier alpha value is -0.570. The number of rotatable bonds is 4. The molecule has 0 aliphatic heterocycles. The Labute approximate surface area is 130 Å². The predicted octanol–water partition coefficient (Wildman–Crippen LogP) is 4.06. The van der Waals surface area contributed by atoms with Crippen molar-refractivity contribution in [3.63, 3.8) is 0 Å². The minimum atomic E-state index is -0.416. The molecule has 2 rings (SSSR count). The molecule has 0 aromatic heterocycles. The molecule has 0 amide bonds. The van der Waals surface area contributed by atoms with E-state index in [2.05, 4.69) is 19.2 Å². The van der Waals surface area contributed by atoms with Crippen LogP contribution < -0.4 is 5.32 Å². The monoisotopic (exact) mass is 295 g/mol. The normalized spacial score (nSPS) is 31.9. The number of methoxy groups -OCH3 is 1. The fraction of sp³-hybridized carbons (Fsp3) is 0.944. The van der Waals surface area contributed by atoms with Crippen molar-refractivity contribution in [1.82, 2.24) is 5.32 Å². The molecule has 3 nitrogen and oxygen atoms in total. The summed E-state index contributed by atoms with van der Waals surface area (Å²) >= 11 is 0. The summed E-state index contributed by atoms with van der Waals surface area (Å²) in [4.78, 5) is 12.5. The average Bonchev–Trinajstić information content (AvgIpc) is 2.71. The van der Waals surface area contributed by atoms with Gasteiger partial charge in [0.1, 0.15) is 5.54 Å². The third-order valence-corrected chi connectivity index (χ3v) is 5.72. The van der Waals surface area contributed by atoms with Crippen LogP contribution in [0.15, 0.2) is 0 Å². The van der Waals surface area contributed by atoms with Gasteiger partial charge in [0.2, 0.25) is 0 Å². The summed E-state index contributed by atoms with van der Waals surface area (Å²) < 4.78 is 5.18. The Morgan fingerprint density at radius 2 is 1.76 bits per heavy atom. The highest BCUT2D eigenvalue weighted by atomic mass is 16.5. The molecule has 0 radical (unpaired) electrons. The van der Waals surface area contributed by atoms with Crippen molar-refractivity contribution in [2.45, 2.75) is 89.6 Å². The fourth-order valence-corrected chi connectivity index (χ4v) is 4.27. The number of ether oxygens (including phenoxy) is 1. The van der Waals surface area contributed by atoms with Gasteiger partial charge < -0.3 is 4.74 Å². The lowest BCUT2D eigenvalue weighted by Crippen LogP contribution is -2.56. The summed E-state index contributed by atoms with van der Waals surface area (Å²) in [5, 5.41) is 3.75. The first-order valence-corrected chi connectivity index (χ1v) is 8.93. The number of carbonyl (C=O) groups excluding carboxylic acids is 1. The minimum absolute atomic E-state index is 0.0301. The maximum atomic E-state index is 12.5. The van der Waals surface area contributed by atoms with Crippen LogP contribution in [0, 0.1) is 11.8 Å². The van der Waals surface area contributed by atoms with Crippen LogP contribution in [0.4, 0.5) is 0 Å². The van der Waals surface area contributed by atoms with Crippen LogP contribution in [0.5, 0.6) is 0 Å². The molecule has 122 valence electrons. The van der Waals surface area contributed by atoms with Gasteiger partial charge in [-0.2, -0.15) is 0 Å². The van der Waals surface area contributed by atoms with Gasteiger partial charge in [-0.3, -0.25) is 10.1 Å². The zero-order chi connectivity index (χ0) is 15.3. The van der Waals surface area contributed by atoms with Crippen LogP contribution in [-0.2, 0) is 9.53 Å². The molecule has 2 saturated carbocycles. The minimum Gasteiger partial charge on any atom is -0.468 e. The molecule has 0 saturated heterocycles. The lowest BCUT2D eigenvalue weighted by atomic mass is 9.84. The summed E-state index contributed by atoms with van der Waals surface area (Å²) in [6, 6.07) is 0.508. The van der Waals surface area contributed by atoms with E-state index in [1.807, 2.05) is 0 Å². The molecule has 2 aliphatic rings. The summed E-state index contributed by atoms with van der Waals surface area (Å²) in [7, 11) is 1.54. The first kappa shape index (κ1) is 16.8. The second-order valence-electron chi connectivity index (χ2n) is 7.49. The molecule has 1 N–H and O–H groups in total. The molecule has 0 spiro atoms. The number of nitrogens with one attached hydrogen (secondary N) is 1. The van der Waals surface area contributed by atoms with E-state index in [1.54, 1.807) is 0 Å². The van der Waals surface area contributed by atoms with Gasteiger partial charge >= 0.3 is 5.97 Å². The van der Waals surface area contributed by atoms with Crippen molar-refractivity contribution in [2.24, 2.45) is 11.8 Å². The largest absolute Gasteiger partial charge is 0.468 e. The van der Waals surface area contributed by atoms with E-state index >= 15 is 0 Å². The highest BCUT2D eigenvalue weighted by Gasteiger charge is 2.42. The molecule has 2 aliphatic carbocycles. The molecule has 0 aromatic rings. The number of hydrogen-bond acceptors (Lipinski definition) is 3. The van der Waals surface area contributed by atoms with E-state index in [4.69, 9.17) is 4.74 Å². The van der Waals surface area contributed by atoms with Gasteiger partial charge in [0.25, 0.3) is 0 Å². The van der Waals surface area contributed by atoms with Crippen molar-refractivity contribution < 1.29 is 9.53 Å². The lowest BCUT2D eigenvalue weighted by Gasteiger charge is -2.37. The Kier molecular flexibility index (Phi) is 6.09. The van der Waals surface area contributed by atoms with E-state index in [0.717, 1.165) is 31.6 Å². The summed E-state index contributed by atoms with van der Waals surface area (Å²) in [6.45, 7) is 4.62. The van der Waals surface area contributed by atoms with Gasteiger partial charge in [0, 0.05) is 6.04 Å². The summed E-state index contributed by atoms with van der Waals surface area (Å²) in [6.07, 6.45) is 11.8. The Balaban J connectivity index is 2.07. The third-order valence-electron chi connectivity index (χ3n) is 5.72. The quantitative estimate of drug-likeness (QED) is 0.628. The third kappa shape index (κ3) is 4.21. The second-order valence-corrected chi connectivity index (χ2v) is 7.49. The second kappa shape index (κ2) is 7.62. The van der Waals surface area contributed by atoms with Crippen LogP contribution >= 0.6 is 0 Å². The number of carbonyl (C=O) groups is 1. The van der Waals surface area contributed by atoms with Crippen LogP contribution in [0.3, 0.4) is 0 Å². The van der Waals surface area contributed by atoms with Crippen LogP contribution in [0.2, 0.25) is 0 Å². The highest BCUT2D eigenvalue weighted by Crippen LogP contribution is 2.36. The maximum Gasteiger partial charge on any atom is 0.326 e. The smallest absolute Gasteiger partial charge is 0.326 e. The Bertz CT molecular complexity index is 336. The predicted molar refractivity (Wildman–Crippen MR) is 86.2 cm³/mol. The standard InChI is InChI=1S/C18H33NO2/c1-14(2)15-8-7-12-18(13-11-15,17(20)21-3)19-16-9-5-4-6-10-16/h14-16,19H,4-13H2,1-3H3. The van der Waals surface area contributed by atoms with Gasteiger partial charge in [-0.05, 0) is 43.9 Å². The van der Waals surface area contributed by atoms with E-state index in [0.29, 0.717) is 12.0 Å². The topological polar surface area (TPSA) is 38.3 Å². The molecule has 2 atom stereocenters. The maximum absolute atomic E-state index is 12.5. The van der Waals surface area contributed by atoms with E-state index in [-0.39, 0.29) is 5.97 Å². The van der Waals surface area contributed by atoms with Gasteiger partial charge in [-0.25, -0.2) is 0 Å². The highest BCUT2D eigenvalue weighted by molar-refractivity contribution is 5.80. The number of esters is 1. The summed E-state index contributed by atoms with van der Waals surface area (Å²) in [5.74, 6) is 1.44. The number of hydrogen-bond donors (Lipinski definition) is 1. The Morgan fingerprint density at radius 3 is 2.38 bits per heavy atom. The van der Waals surface area contributed by atoms with E-state index in [9.17, 15) is 4.79 Å². The SMILES string of the molecule is COC(=O)C1(NC2CCCCC2)CCCC(C(C)C)CC1. The average molecular weight is 295 g/mol. The van der Waals surface area contributed by atoms with Crippen LogP contribution in [0.25, 0.3) is 0 Å². The first-order chi connectivity index (χ1) is 10.1. The van der Waals surface area contributed by atoms with Crippen molar-refractivity contribution in [3.8, 4) is 0 Å². The molecule has 0 bridgehead atoms. The van der Waals surface area contributed by atoms with Crippen molar-refractivity contribution in [1.29, 1.82) is 0 Å². The molecule has 2 fully saturated rings. The van der Waals surface area contributed by atoms with Crippen LogP contribution in [-0.4, -0.2) is 24.7 Å². The van der Waals surface area contributed by atoms with Gasteiger partial charge in [-0.15, -0.1) is 0 Å². The van der Waals surface area contributed by atoms with Crippen molar-refractivity contribution in [3.05, 3.63) is 0 Å². The van der Waals surface area contributed by atoms with Gasteiger partial charge in [-0.1, -0.05) is 46.0 Å². The van der Waals surface area contributed by atoms with Crippen molar-refractivity contribution >= 4 is 5.97 Å². The molecule has 3 heteroatoms. The molecule has 2 unspecified atom stereocenters. The zero-order valence-corrected chi connectivity index (χ0v) is 14.1. The first-order valence-electron chi connectivity index (χ1n) is 8.93. The lowest BCUT2D eigenvalue weighted by molar-refractivity contribution is -0.150. The van der Waals surface area contributed by atoms with Crippen molar-refractivity contribution in [2.75, 3.05) is 7.11 Å².